The van der Waals surface area contributed by atoms with Crippen LogP contribution >= 0.6 is 7.92 Å². The molecule has 0 radical (unpaired) electrons. The molecule has 3 aromatic rings. The molecule has 1 saturated heterocycles. The Bertz CT molecular complexity index is 1050. The van der Waals surface area contributed by atoms with Crippen LogP contribution in [0.15, 0.2) is 104 Å². The maximum absolute atomic E-state index is 6.64. The third kappa shape index (κ3) is 8.05. The van der Waals surface area contributed by atoms with Crippen molar-refractivity contribution in [1.29, 1.82) is 0 Å². The predicted molar refractivity (Wildman–Crippen MR) is 149 cm³/mol. The van der Waals surface area contributed by atoms with Crippen LogP contribution < -0.4 is 0 Å². The average Bonchev–Trinajstić information content (AvgIpc) is 2.94. The van der Waals surface area contributed by atoms with Crippen LogP contribution in [-0.4, -0.2) is 50.4 Å². The van der Waals surface area contributed by atoms with Crippen molar-refractivity contribution in [2.75, 3.05) is 19.9 Å². The molecule has 0 aromatic heterocycles. The van der Waals surface area contributed by atoms with Gasteiger partial charge in [0.15, 0.2) is 6.29 Å². The van der Waals surface area contributed by atoms with Gasteiger partial charge in [-0.1, -0.05) is 105 Å². The van der Waals surface area contributed by atoms with Gasteiger partial charge in [0.25, 0.3) is 0 Å². The minimum atomic E-state index is -0.603. The Morgan fingerprint density at radius 2 is 1.08 bits per heavy atom. The molecule has 1 aliphatic rings. The van der Waals surface area contributed by atoms with Crippen LogP contribution in [0.1, 0.15) is 16.7 Å². The van der Waals surface area contributed by atoms with E-state index in [0.717, 1.165) is 16.7 Å². The normalized spacial score (nSPS) is 23.7. The molecular weight excluding hydrogens is 483 g/mol. The van der Waals surface area contributed by atoms with Gasteiger partial charge in [-0.25, -0.2) is 0 Å². The third-order valence-corrected chi connectivity index (χ3v) is 7.65. The van der Waals surface area contributed by atoms with Crippen molar-refractivity contribution in [1.82, 2.24) is 0 Å². The fourth-order valence-electron chi connectivity index (χ4n) is 4.35. The van der Waals surface area contributed by atoms with Crippen LogP contribution in [0.2, 0.25) is 0 Å². The van der Waals surface area contributed by atoms with Crippen LogP contribution in [-0.2, 0) is 43.5 Å². The largest absolute Gasteiger partial charge is 0.368 e. The van der Waals surface area contributed by atoms with Gasteiger partial charge in [-0.05, 0) is 30.0 Å². The van der Waals surface area contributed by atoms with Gasteiger partial charge in [-0.2, -0.15) is 0 Å². The zero-order chi connectivity index (χ0) is 25.9. The van der Waals surface area contributed by atoms with Crippen molar-refractivity contribution in [2.24, 2.45) is 0 Å². The molecule has 0 bridgehead atoms. The first kappa shape index (κ1) is 27.7. The van der Waals surface area contributed by atoms with Gasteiger partial charge in [0.05, 0.1) is 26.4 Å². The fraction of sp³-hybridized carbons (Fsp3) is 0.355. The Balaban J connectivity index is 1.62. The first-order valence-corrected chi connectivity index (χ1v) is 15.0. The lowest BCUT2D eigenvalue weighted by Gasteiger charge is -2.47. The van der Waals surface area contributed by atoms with Crippen LogP contribution in [0.25, 0.3) is 0 Å². The Morgan fingerprint density at radius 1 is 0.649 bits per heavy atom. The summed E-state index contributed by atoms with van der Waals surface area (Å²) < 4.78 is 32.4. The lowest BCUT2D eigenvalue weighted by atomic mass is 10.0. The van der Waals surface area contributed by atoms with Crippen molar-refractivity contribution in [3.63, 3.8) is 0 Å². The topological polar surface area (TPSA) is 46.2 Å². The molecule has 5 nitrogen and oxygen atoms in total. The standard InChI is InChI=1S/C31H37O5P/c1-4-20-32-30-28(34-22-25-16-10-6-11-17-25)27(33-21-24-14-8-5-9-15-24)29(31(36-30)37(2)3)35-23-26-18-12-7-13-19-26/h4-19,27-31H,1,20-23H2,2-3H3/t27-,28-,29+,30+,31+/m1/s1. The quantitative estimate of drug-likeness (QED) is 0.194. The average molecular weight is 521 g/mol. The van der Waals surface area contributed by atoms with Gasteiger partial charge in [0.1, 0.15) is 24.2 Å². The highest BCUT2D eigenvalue weighted by atomic mass is 31.1. The van der Waals surface area contributed by atoms with Crippen LogP contribution in [0.4, 0.5) is 0 Å². The molecule has 4 rings (SSSR count). The minimum absolute atomic E-state index is 0.175. The summed E-state index contributed by atoms with van der Waals surface area (Å²) in [6, 6.07) is 30.5. The van der Waals surface area contributed by atoms with E-state index in [0.29, 0.717) is 26.4 Å². The lowest BCUT2D eigenvalue weighted by Crippen LogP contribution is -2.60. The number of benzene rings is 3. The SMILES string of the molecule is C=CCO[C@H]1O[C@@H](P(C)C)[C@@H](OCc2ccccc2)[C@H](OCc2ccccc2)[C@H]1OCc1ccccc1. The van der Waals surface area contributed by atoms with Gasteiger partial charge in [0, 0.05) is 0 Å². The van der Waals surface area contributed by atoms with E-state index in [1.54, 1.807) is 6.08 Å². The second-order valence-corrected chi connectivity index (χ2v) is 11.7. The molecule has 0 aliphatic carbocycles. The molecule has 0 amide bonds. The van der Waals surface area contributed by atoms with Gasteiger partial charge in [-0.3, -0.25) is 0 Å². The molecule has 0 saturated carbocycles. The summed E-state index contributed by atoms with van der Waals surface area (Å²) in [7, 11) is -0.532. The van der Waals surface area contributed by atoms with Crippen molar-refractivity contribution >= 4 is 7.92 Å². The van der Waals surface area contributed by atoms with Crippen molar-refractivity contribution < 1.29 is 23.7 Å². The Kier molecular flexibility index (Phi) is 10.9. The van der Waals surface area contributed by atoms with Crippen molar-refractivity contribution in [3.8, 4) is 0 Å². The number of hydrogen-bond donors (Lipinski definition) is 0. The predicted octanol–water partition coefficient (Wildman–Crippen LogP) is 6.37. The summed E-state index contributed by atoms with van der Waals surface area (Å²) in [5.74, 6) is -0.175. The second kappa shape index (κ2) is 14.5. The highest BCUT2D eigenvalue weighted by Gasteiger charge is 2.49. The van der Waals surface area contributed by atoms with E-state index < -0.39 is 26.4 Å². The lowest BCUT2D eigenvalue weighted by molar-refractivity contribution is -0.306. The van der Waals surface area contributed by atoms with E-state index in [4.69, 9.17) is 23.7 Å². The Hall–Kier alpha value is -2.37. The zero-order valence-electron chi connectivity index (χ0n) is 21.6. The van der Waals surface area contributed by atoms with Crippen LogP contribution in [0.3, 0.4) is 0 Å². The summed E-state index contributed by atoms with van der Waals surface area (Å²) >= 11 is 0. The zero-order valence-corrected chi connectivity index (χ0v) is 22.5. The van der Waals surface area contributed by atoms with E-state index in [9.17, 15) is 0 Å². The maximum atomic E-state index is 6.64. The van der Waals surface area contributed by atoms with Gasteiger partial charge in [0.2, 0.25) is 0 Å². The molecule has 3 aromatic carbocycles. The summed E-state index contributed by atoms with van der Waals surface area (Å²) in [5.41, 5.74) is 3.27. The van der Waals surface area contributed by atoms with E-state index >= 15 is 0 Å². The molecule has 0 N–H and O–H groups in total. The summed E-state index contributed by atoms with van der Waals surface area (Å²) in [4.78, 5) is 0. The molecule has 5 atom stereocenters. The molecule has 196 valence electrons. The first-order chi connectivity index (χ1) is 18.2. The van der Waals surface area contributed by atoms with E-state index in [2.05, 4.69) is 44.2 Å². The molecular formula is C31H37O5P. The first-order valence-electron chi connectivity index (χ1n) is 12.7. The van der Waals surface area contributed by atoms with Crippen LogP contribution in [0.5, 0.6) is 0 Å². The summed E-state index contributed by atoms with van der Waals surface area (Å²) in [5, 5.41) is 0. The van der Waals surface area contributed by atoms with E-state index in [1.807, 2.05) is 66.7 Å². The van der Waals surface area contributed by atoms with Gasteiger partial charge >= 0.3 is 0 Å². The fourth-order valence-corrected chi connectivity index (χ4v) is 5.56. The highest BCUT2D eigenvalue weighted by molar-refractivity contribution is 7.56. The second-order valence-electron chi connectivity index (χ2n) is 9.26. The van der Waals surface area contributed by atoms with Crippen molar-refractivity contribution in [3.05, 3.63) is 120 Å². The van der Waals surface area contributed by atoms with Gasteiger partial charge in [-0.15, -0.1) is 6.58 Å². The van der Waals surface area contributed by atoms with Crippen molar-refractivity contribution in [2.45, 2.75) is 50.3 Å². The number of hydrogen-bond acceptors (Lipinski definition) is 5. The number of ether oxygens (including phenoxy) is 5. The van der Waals surface area contributed by atoms with E-state index in [1.165, 1.54) is 0 Å². The van der Waals surface area contributed by atoms with Crippen LogP contribution in [0, 0.1) is 0 Å². The smallest absolute Gasteiger partial charge is 0.187 e. The molecule has 37 heavy (non-hydrogen) atoms. The highest BCUT2D eigenvalue weighted by Crippen LogP contribution is 2.44. The maximum Gasteiger partial charge on any atom is 0.187 e. The van der Waals surface area contributed by atoms with Gasteiger partial charge < -0.3 is 23.7 Å². The number of rotatable bonds is 13. The summed E-state index contributed by atoms with van der Waals surface area (Å²) in [6.07, 6.45) is -0.0872. The molecule has 1 aliphatic heterocycles. The molecule has 1 fully saturated rings. The monoisotopic (exact) mass is 520 g/mol. The molecule has 0 unspecified atom stereocenters. The Labute approximate surface area is 222 Å². The summed E-state index contributed by atoms with van der Waals surface area (Å²) in [6.45, 7) is 9.88. The third-order valence-electron chi connectivity index (χ3n) is 6.21. The Morgan fingerprint density at radius 3 is 1.51 bits per heavy atom. The molecule has 6 heteroatoms. The van der Waals surface area contributed by atoms with E-state index in [-0.39, 0.29) is 11.9 Å². The molecule has 0 spiro atoms. The minimum Gasteiger partial charge on any atom is -0.368 e. The molecule has 1 heterocycles.